The number of carbonyl (C=O) groups excluding carboxylic acids is 1. The number of benzene rings is 2. The lowest BCUT2D eigenvalue weighted by molar-refractivity contribution is 0.0762. The van der Waals surface area contributed by atoms with Crippen LogP contribution in [0.15, 0.2) is 61.2 Å². The highest BCUT2D eigenvalue weighted by atomic mass is 35.5. The van der Waals surface area contributed by atoms with E-state index in [1.807, 2.05) is 30.3 Å². The second-order valence-electron chi connectivity index (χ2n) is 4.84. The molecule has 0 bridgehead atoms. The zero-order valence-corrected chi connectivity index (χ0v) is 13.2. The van der Waals surface area contributed by atoms with Crippen molar-refractivity contribution in [3.05, 3.63) is 77.3 Å². The summed E-state index contributed by atoms with van der Waals surface area (Å²) in [7, 11) is 1.58. The molecule has 22 heavy (non-hydrogen) atoms. The van der Waals surface area contributed by atoms with Crippen molar-refractivity contribution in [1.82, 2.24) is 4.90 Å². The number of amides is 1. The number of nitrogens with zero attached hydrogens (tertiary/aromatic N) is 1. The highest BCUT2D eigenvalue weighted by molar-refractivity contribution is 6.30. The fraction of sp³-hybridized carbons (Fsp3) is 0.167. The normalized spacial score (nSPS) is 10.1. The van der Waals surface area contributed by atoms with E-state index >= 15 is 0 Å². The maximum Gasteiger partial charge on any atom is 0.254 e. The van der Waals surface area contributed by atoms with Gasteiger partial charge in [-0.25, -0.2) is 0 Å². The van der Waals surface area contributed by atoms with Gasteiger partial charge in [0.2, 0.25) is 0 Å². The van der Waals surface area contributed by atoms with E-state index in [1.165, 1.54) is 0 Å². The third kappa shape index (κ3) is 4.12. The monoisotopic (exact) mass is 315 g/mol. The van der Waals surface area contributed by atoms with Gasteiger partial charge in [0.05, 0.1) is 7.11 Å². The van der Waals surface area contributed by atoms with Gasteiger partial charge < -0.3 is 9.64 Å². The number of carbonyl (C=O) groups is 1. The van der Waals surface area contributed by atoms with Gasteiger partial charge in [-0.3, -0.25) is 4.79 Å². The number of ether oxygens (including phenoxy) is 1. The van der Waals surface area contributed by atoms with Gasteiger partial charge in [-0.15, -0.1) is 6.58 Å². The molecule has 0 aromatic heterocycles. The Balaban J connectivity index is 2.22. The van der Waals surface area contributed by atoms with Gasteiger partial charge in [-0.05, 0) is 35.9 Å². The smallest absolute Gasteiger partial charge is 0.254 e. The third-order valence-corrected chi connectivity index (χ3v) is 3.45. The molecule has 0 spiro atoms. The van der Waals surface area contributed by atoms with Gasteiger partial charge in [-0.1, -0.05) is 35.9 Å². The zero-order chi connectivity index (χ0) is 15.9. The number of methoxy groups -OCH3 is 1. The molecule has 0 aliphatic heterocycles. The van der Waals surface area contributed by atoms with Gasteiger partial charge in [-0.2, -0.15) is 0 Å². The first-order valence-electron chi connectivity index (χ1n) is 6.92. The number of hydrogen-bond donors (Lipinski definition) is 0. The molecule has 0 aliphatic carbocycles. The summed E-state index contributed by atoms with van der Waals surface area (Å²) in [6.07, 6.45) is 1.71. The van der Waals surface area contributed by atoms with Crippen LogP contribution in [-0.4, -0.2) is 24.5 Å². The van der Waals surface area contributed by atoms with Crippen molar-refractivity contribution in [3.8, 4) is 5.75 Å². The van der Waals surface area contributed by atoms with Crippen molar-refractivity contribution in [3.63, 3.8) is 0 Å². The van der Waals surface area contributed by atoms with E-state index in [9.17, 15) is 4.79 Å². The van der Waals surface area contributed by atoms with E-state index in [0.717, 1.165) is 5.56 Å². The van der Waals surface area contributed by atoms with Crippen LogP contribution in [0.5, 0.6) is 5.75 Å². The lowest BCUT2D eigenvalue weighted by Gasteiger charge is -2.21. The second-order valence-corrected chi connectivity index (χ2v) is 5.27. The minimum Gasteiger partial charge on any atom is -0.497 e. The van der Waals surface area contributed by atoms with Crippen LogP contribution in [0.3, 0.4) is 0 Å². The minimum atomic E-state index is -0.0706. The topological polar surface area (TPSA) is 29.5 Å². The predicted octanol–water partition coefficient (Wildman–Crippen LogP) is 4.18. The molecule has 0 fully saturated rings. The molecule has 1 amide bonds. The molecule has 114 valence electrons. The predicted molar refractivity (Wildman–Crippen MR) is 89.4 cm³/mol. The Hall–Kier alpha value is -2.26. The maximum absolute atomic E-state index is 12.7. The summed E-state index contributed by atoms with van der Waals surface area (Å²) in [4.78, 5) is 14.4. The van der Waals surface area contributed by atoms with Crippen LogP contribution in [0.2, 0.25) is 5.02 Å². The van der Waals surface area contributed by atoms with Gasteiger partial charge in [0.25, 0.3) is 5.91 Å². The molecule has 0 saturated heterocycles. The lowest BCUT2D eigenvalue weighted by atomic mass is 10.1. The van der Waals surface area contributed by atoms with E-state index < -0.39 is 0 Å². The third-order valence-electron chi connectivity index (χ3n) is 3.22. The SMILES string of the molecule is C=CCN(Cc1cccc(Cl)c1)C(=O)c1cccc(OC)c1. The van der Waals surface area contributed by atoms with E-state index in [-0.39, 0.29) is 5.91 Å². The van der Waals surface area contributed by atoms with Crippen molar-refractivity contribution in [1.29, 1.82) is 0 Å². The van der Waals surface area contributed by atoms with Crippen molar-refractivity contribution >= 4 is 17.5 Å². The van der Waals surface area contributed by atoms with Crippen LogP contribution in [0.4, 0.5) is 0 Å². The van der Waals surface area contributed by atoms with E-state index in [2.05, 4.69) is 6.58 Å². The second kappa shape index (κ2) is 7.66. The first-order chi connectivity index (χ1) is 10.6. The lowest BCUT2D eigenvalue weighted by Crippen LogP contribution is -2.30. The van der Waals surface area contributed by atoms with Gasteiger partial charge in [0, 0.05) is 23.7 Å². The van der Waals surface area contributed by atoms with E-state index in [1.54, 1.807) is 36.3 Å². The summed E-state index contributed by atoms with van der Waals surface area (Å²) in [5, 5.41) is 0.657. The Bertz CT molecular complexity index is 670. The Morgan fingerprint density at radius 3 is 2.73 bits per heavy atom. The zero-order valence-electron chi connectivity index (χ0n) is 12.5. The van der Waals surface area contributed by atoms with Gasteiger partial charge >= 0.3 is 0 Å². The standard InChI is InChI=1S/C18H18ClNO2/c1-3-10-20(13-14-6-4-8-16(19)11-14)18(21)15-7-5-9-17(12-15)22-2/h3-9,11-12H,1,10,13H2,2H3. The fourth-order valence-electron chi connectivity index (χ4n) is 2.17. The first-order valence-corrected chi connectivity index (χ1v) is 7.30. The van der Waals surface area contributed by atoms with Crippen LogP contribution in [0.1, 0.15) is 15.9 Å². The summed E-state index contributed by atoms with van der Waals surface area (Å²) in [6, 6.07) is 14.6. The van der Waals surface area contributed by atoms with Crippen LogP contribution in [0, 0.1) is 0 Å². The Kier molecular flexibility index (Phi) is 5.61. The van der Waals surface area contributed by atoms with Crippen molar-refractivity contribution < 1.29 is 9.53 Å². The van der Waals surface area contributed by atoms with Crippen molar-refractivity contribution in [2.75, 3.05) is 13.7 Å². The molecule has 4 heteroatoms. The summed E-state index contributed by atoms with van der Waals surface area (Å²) in [5.41, 5.74) is 1.56. The van der Waals surface area contributed by atoms with Gasteiger partial charge in [0.15, 0.2) is 0 Å². The summed E-state index contributed by atoms with van der Waals surface area (Å²) >= 11 is 6.00. The Morgan fingerprint density at radius 1 is 1.27 bits per heavy atom. The molecule has 0 N–H and O–H groups in total. The number of hydrogen-bond acceptors (Lipinski definition) is 2. The molecular weight excluding hydrogens is 298 g/mol. The highest BCUT2D eigenvalue weighted by Crippen LogP contribution is 2.17. The van der Waals surface area contributed by atoms with Crippen LogP contribution in [0.25, 0.3) is 0 Å². The quantitative estimate of drug-likeness (QED) is 0.748. The molecule has 2 aromatic carbocycles. The van der Waals surface area contributed by atoms with Crippen LogP contribution >= 0.6 is 11.6 Å². The molecule has 0 aliphatic rings. The fourth-order valence-corrected chi connectivity index (χ4v) is 2.38. The minimum absolute atomic E-state index is 0.0706. The summed E-state index contributed by atoms with van der Waals surface area (Å²) < 4.78 is 5.17. The summed E-state index contributed by atoms with van der Waals surface area (Å²) in [6.45, 7) is 4.66. The molecule has 0 saturated carbocycles. The molecule has 0 unspecified atom stereocenters. The number of halogens is 1. The van der Waals surface area contributed by atoms with Crippen LogP contribution in [-0.2, 0) is 6.54 Å². The van der Waals surface area contributed by atoms with Crippen molar-refractivity contribution in [2.45, 2.75) is 6.54 Å². The molecule has 2 rings (SSSR count). The average Bonchev–Trinajstić information content (AvgIpc) is 2.54. The Morgan fingerprint density at radius 2 is 2.05 bits per heavy atom. The van der Waals surface area contributed by atoms with Crippen LogP contribution < -0.4 is 4.74 Å². The molecule has 0 heterocycles. The Labute approximate surface area is 135 Å². The van der Waals surface area contributed by atoms with E-state index in [4.69, 9.17) is 16.3 Å². The van der Waals surface area contributed by atoms with Crippen molar-refractivity contribution in [2.24, 2.45) is 0 Å². The highest BCUT2D eigenvalue weighted by Gasteiger charge is 2.15. The first kappa shape index (κ1) is 16.1. The molecule has 0 atom stereocenters. The largest absolute Gasteiger partial charge is 0.497 e. The molecule has 0 radical (unpaired) electrons. The average molecular weight is 316 g/mol. The maximum atomic E-state index is 12.7. The summed E-state index contributed by atoms with van der Waals surface area (Å²) in [5.74, 6) is 0.589. The molecule has 3 nitrogen and oxygen atoms in total. The number of rotatable bonds is 6. The molecule has 2 aromatic rings. The molecular formula is C18H18ClNO2. The van der Waals surface area contributed by atoms with E-state index in [0.29, 0.717) is 29.4 Å². The van der Waals surface area contributed by atoms with Gasteiger partial charge in [0.1, 0.15) is 5.75 Å².